The Morgan fingerprint density at radius 1 is 1.43 bits per heavy atom. The molecule has 21 heavy (non-hydrogen) atoms. The van der Waals surface area contributed by atoms with E-state index in [0.717, 1.165) is 31.6 Å². The molecule has 3 rings (SSSR count). The molecule has 2 aliphatic rings. The van der Waals surface area contributed by atoms with E-state index in [2.05, 4.69) is 17.2 Å². The van der Waals surface area contributed by atoms with Crippen LogP contribution in [-0.2, 0) is 4.74 Å². The zero-order valence-corrected chi connectivity index (χ0v) is 12.8. The van der Waals surface area contributed by atoms with E-state index in [-0.39, 0.29) is 17.5 Å². The monoisotopic (exact) mass is 292 g/mol. The van der Waals surface area contributed by atoms with E-state index >= 15 is 0 Å². The second kappa shape index (κ2) is 6.41. The number of pyridine rings is 1. The zero-order valence-electron chi connectivity index (χ0n) is 12.8. The Bertz CT molecular complexity index is 474. The van der Waals surface area contributed by atoms with Gasteiger partial charge >= 0.3 is 0 Å². The molecule has 1 saturated carbocycles. The van der Waals surface area contributed by atoms with E-state index in [4.69, 9.17) is 4.74 Å². The van der Waals surface area contributed by atoms with Crippen LogP contribution in [0.5, 0.6) is 0 Å². The molecular formula is C17H25FN2O. The first-order valence-electron chi connectivity index (χ1n) is 8.20. The lowest BCUT2D eigenvalue weighted by Gasteiger charge is -2.41. The lowest BCUT2D eigenvalue weighted by Crippen LogP contribution is -2.42. The van der Waals surface area contributed by atoms with E-state index < -0.39 is 0 Å². The SMILES string of the molecule is CCNC(c1cncc(F)c1)C1CCOC2(CCCC2)C1. The summed E-state index contributed by atoms with van der Waals surface area (Å²) >= 11 is 0. The van der Waals surface area contributed by atoms with Gasteiger partial charge in [0.2, 0.25) is 0 Å². The van der Waals surface area contributed by atoms with Gasteiger partial charge in [0.15, 0.2) is 0 Å². The van der Waals surface area contributed by atoms with Crippen molar-refractivity contribution in [1.82, 2.24) is 10.3 Å². The van der Waals surface area contributed by atoms with Crippen molar-refractivity contribution >= 4 is 0 Å². The van der Waals surface area contributed by atoms with Crippen molar-refractivity contribution < 1.29 is 9.13 Å². The average molecular weight is 292 g/mol. The highest BCUT2D eigenvalue weighted by Crippen LogP contribution is 2.45. The molecule has 1 saturated heterocycles. The fourth-order valence-electron chi connectivity index (χ4n) is 4.09. The Kier molecular flexibility index (Phi) is 4.55. The van der Waals surface area contributed by atoms with Crippen molar-refractivity contribution in [2.75, 3.05) is 13.2 Å². The van der Waals surface area contributed by atoms with E-state index in [1.165, 1.54) is 31.9 Å². The molecule has 1 aromatic rings. The van der Waals surface area contributed by atoms with Gasteiger partial charge in [-0.1, -0.05) is 19.8 Å². The number of nitrogens with one attached hydrogen (secondary N) is 1. The molecule has 0 aromatic carbocycles. The second-order valence-corrected chi connectivity index (χ2v) is 6.46. The predicted octanol–water partition coefficient (Wildman–Crippen LogP) is 3.61. The fourth-order valence-corrected chi connectivity index (χ4v) is 4.09. The minimum atomic E-state index is -0.252. The molecule has 1 aromatic heterocycles. The second-order valence-electron chi connectivity index (χ2n) is 6.46. The number of nitrogens with zero attached hydrogens (tertiary/aromatic N) is 1. The fraction of sp³-hybridized carbons (Fsp3) is 0.706. The Labute approximate surface area is 126 Å². The van der Waals surface area contributed by atoms with Crippen molar-refractivity contribution in [3.8, 4) is 0 Å². The van der Waals surface area contributed by atoms with Crippen molar-refractivity contribution in [2.45, 2.75) is 57.1 Å². The number of halogens is 1. The van der Waals surface area contributed by atoms with Crippen LogP contribution in [0.25, 0.3) is 0 Å². The van der Waals surface area contributed by atoms with Gasteiger partial charge in [-0.3, -0.25) is 4.98 Å². The van der Waals surface area contributed by atoms with Gasteiger partial charge in [-0.25, -0.2) is 4.39 Å². The summed E-state index contributed by atoms with van der Waals surface area (Å²) in [4.78, 5) is 4.02. The summed E-state index contributed by atoms with van der Waals surface area (Å²) in [5, 5.41) is 3.54. The minimum Gasteiger partial charge on any atom is -0.375 e. The van der Waals surface area contributed by atoms with Crippen LogP contribution < -0.4 is 5.32 Å². The largest absolute Gasteiger partial charge is 0.375 e. The summed E-state index contributed by atoms with van der Waals surface area (Å²) in [5.74, 6) is 0.249. The quantitative estimate of drug-likeness (QED) is 0.920. The van der Waals surface area contributed by atoms with Crippen LogP contribution in [0.15, 0.2) is 18.5 Å². The van der Waals surface area contributed by atoms with E-state index in [9.17, 15) is 4.39 Å². The van der Waals surface area contributed by atoms with Crippen molar-refractivity contribution in [3.05, 3.63) is 29.8 Å². The van der Waals surface area contributed by atoms with E-state index in [1.807, 2.05) is 0 Å². The lowest BCUT2D eigenvalue weighted by atomic mass is 9.79. The molecular weight excluding hydrogens is 267 g/mol. The normalized spacial score (nSPS) is 26.1. The van der Waals surface area contributed by atoms with Gasteiger partial charge < -0.3 is 10.1 Å². The van der Waals surface area contributed by atoms with E-state index in [1.54, 1.807) is 12.3 Å². The predicted molar refractivity (Wildman–Crippen MR) is 80.5 cm³/mol. The van der Waals surface area contributed by atoms with Gasteiger partial charge in [-0.15, -0.1) is 0 Å². The van der Waals surface area contributed by atoms with Gasteiger partial charge in [0.1, 0.15) is 5.82 Å². The topological polar surface area (TPSA) is 34.2 Å². The van der Waals surface area contributed by atoms with Crippen LogP contribution in [0.1, 0.15) is 57.1 Å². The summed E-state index contributed by atoms with van der Waals surface area (Å²) < 4.78 is 19.6. The molecule has 2 heterocycles. The molecule has 3 nitrogen and oxygen atoms in total. The third-order valence-electron chi connectivity index (χ3n) is 5.03. The van der Waals surface area contributed by atoms with Gasteiger partial charge in [0, 0.05) is 18.8 Å². The number of aromatic nitrogens is 1. The highest BCUT2D eigenvalue weighted by molar-refractivity contribution is 5.17. The molecule has 0 radical (unpaired) electrons. The molecule has 2 fully saturated rings. The van der Waals surface area contributed by atoms with Gasteiger partial charge in [-0.05, 0) is 49.8 Å². The molecule has 1 N–H and O–H groups in total. The third-order valence-corrected chi connectivity index (χ3v) is 5.03. The number of ether oxygens (including phenoxy) is 1. The highest BCUT2D eigenvalue weighted by atomic mass is 19.1. The van der Waals surface area contributed by atoms with Gasteiger partial charge in [-0.2, -0.15) is 0 Å². The maximum absolute atomic E-state index is 13.5. The number of rotatable bonds is 4. The smallest absolute Gasteiger partial charge is 0.141 e. The van der Waals surface area contributed by atoms with Crippen LogP contribution in [-0.4, -0.2) is 23.7 Å². The van der Waals surface area contributed by atoms with Crippen LogP contribution in [0.3, 0.4) is 0 Å². The molecule has 1 spiro atoms. The summed E-state index contributed by atoms with van der Waals surface area (Å²) in [7, 11) is 0. The van der Waals surface area contributed by atoms with Crippen molar-refractivity contribution in [3.63, 3.8) is 0 Å². The Balaban J connectivity index is 1.80. The Morgan fingerprint density at radius 3 is 2.95 bits per heavy atom. The summed E-state index contributed by atoms with van der Waals surface area (Å²) in [5.41, 5.74) is 1.06. The standard InChI is InChI=1S/C17H25FN2O/c1-2-20-16(14-9-15(18)12-19-11-14)13-5-8-21-17(10-13)6-3-4-7-17/h9,11-13,16,20H,2-8,10H2,1H3. The maximum Gasteiger partial charge on any atom is 0.141 e. The molecule has 116 valence electrons. The molecule has 2 atom stereocenters. The average Bonchev–Trinajstić information content (AvgIpc) is 2.92. The zero-order chi connectivity index (χ0) is 14.7. The van der Waals surface area contributed by atoms with Gasteiger partial charge in [0.05, 0.1) is 11.8 Å². The first-order valence-corrected chi connectivity index (χ1v) is 8.20. The third kappa shape index (κ3) is 3.27. The Morgan fingerprint density at radius 2 is 2.24 bits per heavy atom. The first kappa shape index (κ1) is 14.9. The molecule has 4 heteroatoms. The van der Waals surface area contributed by atoms with Crippen LogP contribution in [0.4, 0.5) is 4.39 Å². The molecule has 2 unspecified atom stereocenters. The van der Waals surface area contributed by atoms with Crippen LogP contribution in [0.2, 0.25) is 0 Å². The highest BCUT2D eigenvalue weighted by Gasteiger charge is 2.42. The maximum atomic E-state index is 13.5. The van der Waals surface area contributed by atoms with Crippen molar-refractivity contribution in [1.29, 1.82) is 0 Å². The molecule has 1 aliphatic heterocycles. The molecule has 1 aliphatic carbocycles. The Hall–Kier alpha value is -1.00. The van der Waals surface area contributed by atoms with E-state index in [0.29, 0.717) is 5.92 Å². The minimum absolute atomic E-state index is 0.0946. The molecule has 0 amide bonds. The number of hydrogen-bond donors (Lipinski definition) is 1. The molecule has 0 bridgehead atoms. The summed E-state index contributed by atoms with van der Waals surface area (Å²) in [6, 6.07) is 1.80. The van der Waals surface area contributed by atoms with Gasteiger partial charge in [0.25, 0.3) is 0 Å². The summed E-state index contributed by atoms with van der Waals surface area (Å²) in [6.45, 7) is 3.81. The lowest BCUT2D eigenvalue weighted by molar-refractivity contribution is -0.0981. The van der Waals surface area contributed by atoms with Crippen molar-refractivity contribution in [2.24, 2.45) is 5.92 Å². The number of hydrogen-bond acceptors (Lipinski definition) is 3. The van der Waals surface area contributed by atoms with Crippen LogP contribution in [0, 0.1) is 11.7 Å². The first-order chi connectivity index (χ1) is 10.2. The summed E-state index contributed by atoms with van der Waals surface area (Å²) in [6.07, 6.45) is 10.1. The van der Waals surface area contributed by atoms with Crippen LogP contribution >= 0.6 is 0 Å².